The molecule has 2 aromatic carbocycles. The summed E-state index contributed by atoms with van der Waals surface area (Å²) in [5.74, 6) is 1.33. The van der Waals surface area contributed by atoms with Crippen LogP contribution in [0.5, 0.6) is 0 Å². The van der Waals surface area contributed by atoms with E-state index in [2.05, 4.69) is 32.4 Å². The molecule has 4 rings (SSSR count). The predicted octanol–water partition coefficient (Wildman–Crippen LogP) is 4.18. The molecule has 31 heavy (non-hydrogen) atoms. The molecule has 1 aliphatic rings. The van der Waals surface area contributed by atoms with E-state index in [-0.39, 0.29) is 5.91 Å². The molecule has 160 valence electrons. The Morgan fingerprint density at radius 3 is 2.35 bits per heavy atom. The fraction of sp³-hybridized carbons (Fsp3) is 0.292. The number of benzene rings is 2. The molecule has 2 heterocycles. The summed E-state index contributed by atoms with van der Waals surface area (Å²) in [5, 5.41) is 6.26. The van der Waals surface area contributed by atoms with E-state index in [4.69, 9.17) is 4.74 Å². The Balaban J connectivity index is 1.41. The van der Waals surface area contributed by atoms with Gasteiger partial charge < -0.3 is 20.3 Å². The lowest BCUT2D eigenvalue weighted by molar-refractivity contribution is 0.102. The molecule has 1 aliphatic heterocycles. The zero-order chi connectivity index (χ0) is 21.6. The number of amides is 1. The molecule has 0 bridgehead atoms. The number of carbonyl (C=O) groups excluding carboxylic acids is 1. The van der Waals surface area contributed by atoms with Gasteiger partial charge in [0.25, 0.3) is 5.91 Å². The molecule has 7 heteroatoms. The van der Waals surface area contributed by atoms with Gasteiger partial charge in [-0.3, -0.25) is 4.79 Å². The van der Waals surface area contributed by atoms with Gasteiger partial charge in [-0.15, -0.1) is 0 Å². The number of hydrogen-bond donors (Lipinski definition) is 2. The van der Waals surface area contributed by atoms with Gasteiger partial charge in [0.2, 0.25) is 5.95 Å². The molecule has 0 radical (unpaired) electrons. The van der Waals surface area contributed by atoms with Crippen molar-refractivity contribution < 1.29 is 9.53 Å². The Morgan fingerprint density at radius 2 is 1.68 bits per heavy atom. The Morgan fingerprint density at radius 1 is 1.00 bits per heavy atom. The molecule has 2 N–H and O–H groups in total. The highest BCUT2D eigenvalue weighted by atomic mass is 16.5. The van der Waals surface area contributed by atoms with Crippen LogP contribution >= 0.6 is 0 Å². The number of carbonyl (C=O) groups is 1. The van der Waals surface area contributed by atoms with Gasteiger partial charge in [-0.25, -0.2) is 4.98 Å². The SMILES string of the molecule is CCc1ccc(C(=O)Nc2ccc(Nc3cc(C)nc(N4CCOCC4)n3)cc2)cc1. The number of anilines is 4. The molecule has 1 fully saturated rings. The lowest BCUT2D eigenvalue weighted by Gasteiger charge is -2.27. The summed E-state index contributed by atoms with van der Waals surface area (Å²) in [6, 6.07) is 17.2. The first kappa shape index (κ1) is 20.8. The molecule has 0 saturated carbocycles. The van der Waals surface area contributed by atoms with Crippen molar-refractivity contribution in [2.75, 3.05) is 41.8 Å². The second-order valence-corrected chi connectivity index (χ2v) is 7.50. The molecule has 1 amide bonds. The molecule has 0 atom stereocenters. The maximum Gasteiger partial charge on any atom is 0.255 e. The van der Waals surface area contributed by atoms with Crippen molar-refractivity contribution in [3.05, 3.63) is 71.4 Å². The Labute approximate surface area is 182 Å². The van der Waals surface area contributed by atoms with Crippen molar-refractivity contribution in [3.63, 3.8) is 0 Å². The fourth-order valence-electron chi connectivity index (χ4n) is 3.40. The van der Waals surface area contributed by atoms with E-state index in [1.54, 1.807) is 0 Å². The van der Waals surface area contributed by atoms with Crippen LogP contribution in [0, 0.1) is 6.92 Å². The first-order chi connectivity index (χ1) is 15.1. The predicted molar refractivity (Wildman–Crippen MR) is 123 cm³/mol. The number of aryl methyl sites for hydroxylation is 2. The number of nitrogens with one attached hydrogen (secondary N) is 2. The number of aromatic nitrogens is 2. The summed E-state index contributed by atoms with van der Waals surface area (Å²) in [4.78, 5) is 23.8. The standard InChI is InChI=1S/C24H27N5O2/c1-3-18-4-6-19(7-5-18)23(30)27-21-10-8-20(9-11-21)26-22-16-17(2)25-24(28-22)29-12-14-31-15-13-29/h4-11,16H,3,12-15H2,1-2H3,(H,27,30)(H,25,26,28). The summed E-state index contributed by atoms with van der Waals surface area (Å²) >= 11 is 0. The highest BCUT2D eigenvalue weighted by molar-refractivity contribution is 6.04. The van der Waals surface area contributed by atoms with E-state index >= 15 is 0 Å². The second kappa shape index (κ2) is 9.57. The lowest BCUT2D eigenvalue weighted by Crippen LogP contribution is -2.37. The minimum atomic E-state index is -0.120. The van der Waals surface area contributed by atoms with Crippen molar-refractivity contribution in [3.8, 4) is 0 Å². The van der Waals surface area contributed by atoms with Crippen LogP contribution < -0.4 is 15.5 Å². The average Bonchev–Trinajstić information content (AvgIpc) is 2.80. The molecule has 1 saturated heterocycles. The molecular weight excluding hydrogens is 390 g/mol. The third-order valence-corrected chi connectivity index (χ3v) is 5.18. The average molecular weight is 418 g/mol. The van der Waals surface area contributed by atoms with E-state index in [0.717, 1.165) is 42.4 Å². The van der Waals surface area contributed by atoms with Crippen molar-refractivity contribution in [2.24, 2.45) is 0 Å². The first-order valence-electron chi connectivity index (χ1n) is 10.6. The molecule has 0 aliphatic carbocycles. The van der Waals surface area contributed by atoms with Crippen molar-refractivity contribution >= 4 is 29.0 Å². The smallest absolute Gasteiger partial charge is 0.255 e. The van der Waals surface area contributed by atoms with E-state index in [0.29, 0.717) is 24.7 Å². The van der Waals surface area contributed by atoms with E-state index in [9.17, 15) is 4.79 Å². The van der Waals surface area contributed by atoms with Gasteiger partial charge in [0.15, 0.2) is 0 Å². The molecule has 1 aromatic heterocycles. The Bertz CT molecular complexity index is 1030. The van der Waals surface area contributed by atoms with Crippen molar-refractivity contribution in [2.45, 2.75) is 20.3 Å². The van der Waals surface area contributed by atoms with Crippen LogP contribution in [0.2, 0.25) is 0 Å². The van der Waals surface area contributed by atoms with Crippen molar-refractivity contribution in [1.82, 2.24) is 9.97 Å². The van der Waals surface area contributed by atoms with Crippen LogP contribution in [-0.2, 0) is 11.2 Å². The van der Waals surface area contributed by atoms with E-state index < -0.39 is 0 Å². The monoisotopic (exact) mass is 417 g/mol. The van der Waals surface area contributed by atoms with E-state index in [1.807, 2.05) is 61.5 Å². The van der Waals surface area contributed by atoms with Gasteiger partial charge in [0.1, 0.15) is 5.82 Å². The lowest BCUT2D eigenvalue weighted by atomic mass is 10.1. The minimum absolute atomic E-state index is 0.120. The molecule has 3 aromatic rings. The van der Waals surface area contributed by atoms with Crippen LogP contribution in [0.4, 0.5) is 23.1 Å². The number of hydrogen-bond acceptors (Lipinski definition) is 6. The Kier molecular flexibility index (Phi) is 6.43. The van der Waals surface area contributed by atoms with Gasteiger partial charge in [-0.1, -0.05) is 19.1 Å². The summed E-state index contributed by atoms with van der Waals surface area (Å²) in [6.07, 6.45) is 0.955. The normalized spacial score (nSPS) is 13.7. The molecule has 7 nitrogen and oxygen atoms in total. The largest absolute Gasteiger partial charge is 0.378 e. The van der Waals surface area contributed by atoms with Gasteiger partial charge in [0.05, 0.1) is 13.2 Å². The minimum Gasteiger partial charge on any atom is -0.378 e. The molecular formula is C24H27N5O2. The fourth-order valence-corrected chi connectivity index (χ4v) is 3.40. The quantitative estimate of drug-likeness (QED) is 0.626. The second-order valence-electron chi connectivity index (χ2n) is 7.50. The number of nitrogens with zero attached hydrogens (tertiary/aromatic N) is 3. The van der Waals surface area contributed by atoms with Crippen LogP contribution in [0.1, 0.15) is 28.5 Å². The maximum atomic E-state index is 12.5. The highest BCUT2D eigenvalue weighted by Gasteiger charge is 2.15. The van der Waals surface area contributed by atoms with E-state index in [1.165, 1.54) is 5.56 Å². The van der Waals surface area contributed by atoms with Gasteiger partial charge in [0, 0.05) is 41.8 Å². The summed E-state index contributed by atoms with van der Waals surface area (Å²) < 4.78 is 5.41. The summed E-state index contributed by atoms with van der Waals surface area (Å²) in [7, 11) is 0. The zero-order valence-electron chi connectivity index (χ0n) is 17.9. The number of morpholine rings is 1. The first-order valence-corrected chi connectivity index (χ1v) is 10.6. The zero-order valence-corrected chi connectivity index (χ0v) is 17.9. The third-order valence-electron chi connectivity index (χ3n) is 5.18. The van der Waals surface area contributed by atoms with Crippen LogP contribution in [0.3, 0.4) is 0 Å². The van der Waals surface area contributed by atoms with Gasteiger partial charge >= 0.3 is 0 Å². The summed E-state index contributed by atoms with van der Waals surface area (Å²) in [5.41, 5.74) is 4.38. The van der Waals surface area contributed by atoms with Crippen molar-refractivity contribution in [1.29, 1.82) is 0 Å². The topological polar surface area (TPSA) is 79.4 Å². The number of rotatable bonds is 6. The summed E-state index contributed by atoms with van der Waals surface area (Å²) in [6.45, 7) is 7.02. The molecule has 0 unspecified atom stereocenters. The highest BCUT2D eigenvalue weighted by Crippen LogP contribution is 2.21. The van der Waals surface area contributed by atoms with Gasteiger partial charge in [-0.2, -0.15) is 4.98 Å². The third kappa shape index (κ3) is 5.38. The van der Waals surface area contributed by atoms with Gasteiger partial charge in [-0.05, 0) is 55.3 Å². The maximum absolute atomic E-state index is 12.5. The molecule has 0 spiro atoms. The Hall–Kier alpha value is -3.45. The van der Waals surface area contributed by atoms with Crippen LogP contribution in [-0.4, -0.2) is 42.2 Å². The number of ether oxygens (including phenoxy) is 1. The van der Waals surface area contributed by atoms with Crippen LogP contribution in [0.25, 0.3) is 0 Å². The van der Waals surface area contributed by atoms with Crippen LogP contribution in [0.15, 0.2) is 54.6 Å².